The van der Waals surface area contributed by atoms with Gasteiger partial charge in [0.1, 0.15) is 0 Å². The molecule has 1 aliphatic rings. The standard InChI is InChI=1S/C18H27N3O2/c1-12-6-4-5-7-17(12)19-13(2)18(23)21-16-10-8-15(9-11-16)20-14(3)22/h8-13,17,19H,4-7H2,1-3H3,(H,20,22)(H,21,23)/p+1/t12-,13+,17+/m1/s1. The number of anilines is 2. The van der Waals surface area contributed by atoms with E-state index < -0.39 is 0 Å². The third-order valence-corrected chi connectivity index (χ3v) is 4.60. The first kappa shape index (κ1) is 17.5. The summed E-state index contributed by atoms with van der Waals surface area (Å²) < 4.78 is 0. The van der Waals surface area contributed by atoms with Crippen LogP contribution in [0.5, 0.6) is 0 Å². The molecule has 0 aromatic heterocycles. The normalized spacial score (nSPS) is 22.2. The van der Waals surface area contributed by atoms with Crippen molar-refractivity contribution in [1.82, 2.24) is 0 Å². The van der Waals surface area contributed by atoms with Gasteiger partial charge in [-0.3, -0.25) is 9.59 Å². The summed E-state index contributed by atoms with van der Waals surface area (Å²) in [6, 6.07) is 7.63. The summed E-state index contributed by atoms with van der Waals surface area (Å²) in [6.07, 6.45) is 5.04. The van der Waals surface area contributed by atoms with Crippen molar-refractivity contribution in [3.05, 3.63) is 24.3 Å². The fourth-order valence-corrected chi connectivity index (χ4v) is 3.19. The molecule has 23 heavy (non-hydrogen) atoms. The molecule has 1 aliphatic carbocycles. The lowest BCUT2D eigenvalue weighted by atomic mass is 9.85. The minimum Gasteiger partial charge on any atom is -0.334 e. The van der Waals surface area contributed by atoms with Crippen LogP contribution in [-0.4, -0.2) is 23.9 Å². The molecule has 0 saturated heterocycles. The van der Waals surface area contributed by atoms with E-state index >= 15 is 0 Å². The van der Waals surface area contributed by atoms with Gasteiger partial charge in [0, 0.05) is 24.2 Å². The molecule has 2 rings (SSSR count). The monoisotopic (exact) mass is 318 g/mol. The minimum absolute atomic E-state index is 0.0232. The lowest BCUT2D eigenvalue weighted by molar-refractivity contribution is -0.714. The molecule has 0 aliphatic heterocycles. The topological polar surface area (TPSA) is 74.8 Å². The zero-order chi connectivity index (χ0) is 16.8. The average Bonchev–Trinajstić information content (AvgIpc) is 2.51. The predicted octanol–water partition coefficient (Wildman–Crippen LogP) is 2.11. The van der Waals surface area contributed by atoms with E-state index in [4.69, 9.17) is 0 Å². The van der Waals surface area contributed by atoms with Gasteiger partial charge in [-0.05, 0) is 50.5 Å². The van der Waals surface area contributed by atoms with Gasteiger partial charge < -0.3 is 16.0 Å². The molecule has 1 fully saturated rings. The van der Waals surface area contributed by atoms with Gasteiger partial charge in [0.15, 0.2) is 6.04 Å². The first-order valence-corrected chi connectivity index (χ1v) is 8.49. The Labute approximate surface area is 138 Å². The van der Waals surface area contributed by atoms with Crippen LogP contribution in [-0.2, 0) is 9.59 Å². The summed E-state index contributed by atoms with van der Waals surface area (Å²) in [4.78, 5) is 23.3. The third-order valence-electron chi connectivity index (χ3n) is 4.60. The van der Waals surface area contributed by atoms with Gasteiger partial charge in [0.2, 0.25) is 5.91 Å². The summed E-state index contributed by atoms with van der Waals surface area (Å²) in [7, 11) is 0. The highest BCUT2D eigenvalue weighted by Gasteiger charge is 2.28. The molecule has 0 spiro atoms. The Hall–Kier alpha value is -1.88. The largest absolute Gasteiger partial charge is 0.334 e. The molecular weight excluding hydrogens is 290 g/mol. The summed E-state index contributed by atoms with van der Waals surface area (Å²) in [6.45, 7) is 5.72. The molecule has 4 N–H and O–H groups in total. The molecule has 0 radical (unpaired) electrons. The van der Waals surface area contributed by atoms with Crippen molar-refractivity contribution in [2.45, 2.75) is 58.5 Å². The highest BCUT2D eigenvalue weighted by Crippen LogP contribution is 2.21. The molecule has 0 heterocycles. The van der Waals surface area contributed by atoms with E-state index in [1.54, 1.807) is 24.3 Å². The van der Waals surface area contributed by atoms with Crippen molar-refractivity contribution < 1.29 is 14.9 Å². The SMILES string of the molecule is CC(=O)Nc1ccc(NC(=O)[C@H](C)[NH2+][C@H]2CCCC[C@H]2C)cc1. The predicted molar refractivity (Wildman–Crippen MR) is 92.2 cm³/mol. The number of quaternary nitrogens is 1. The number of hydrogen-bond acceptors (Lipinski definition) is 2. The quantitative estimate of drug-likeness (QED) is 0.778. The van der Waals surface area contributed by atoms with Crippen molar-refractivity contribution in [3.8, 4) is 0 Å². The molecule has 5 nitrogen and oxygen atoms in total. The smallest absolute Gasteiger partial charge is 0.282 e. The van der Waals surface area contributed by atoms with E-state index in [0.29, 0.717) is 12.0 Å². The zero-order valence-corrected chi connectivity index (χ0v) is 14.3. The van der Waals surface area contributed by atoms with Gasteiger partial charge in [-0.2, -0.15) is 0 Å². The van der Waals surface area contributed by atoms with Crippen LogP contribution in [0.15, 0.2) is 24.3 Å². The first-order chi connectivity index (χ1) is 11.0. The number of hydrogen-bond donors (Lipinski definition) is 3. The number of nitrogens with one attached hydrogen (secondary N) is 2. The molecular formula is C18H28N3O2+. The Morgan fingerprint density at radius 1 is 1.09 bits per heavy atom. The summed E-state index contributed by atoms with van der Waals surface area (Å²) in [5.74, 6) is 0.595. The Kier molecular flexibility index (Phi) is 6.16. The highest BCUT2D eigenvalue weighted by atomic mass is 16.2. The van der Waals surface area contributed by atoms with Gasteiger partial charge in [-0.25, -0.2) is 0 Å². The van der Waals surface area contributed by atoms with Gasteiger partial charge in [0.05, 0.1) is 6.04 Å². The molecule has 0 bridgehead atoms. The Morgan fingerprint density at radius 3 is 2.22 bits per heavy atom. The van der Waals surface area contributed by atoms with Crippen LogP contribution in [0.4, 0.5) is 11.4 Å². The van der Waals surface area contributed by atoms with Crippen LogP contribution in [0.25, 0.3) is 0 Å². The maximum atomic E-state index is 12.3. The molecule has 1 aromatic rings. The van der Waals surface area contributed by atoms with Crippen molar-refractivity contribution in [3.63, 3.8) is 0 Å². The van der Waals surface area contributed by atoms with Crippen molar-refractivity contribution in [1.29, 1.82) is 0 Å². The lowest BCUT2D eigenvalue weighted by Gasteiger charge is -2.28. The molecule has 0 unspecified atom stereocenters. The van der Waals surface area contributed by atoms with E-state index in [1.807, 2.05) is 6.92 Å². The summed E-state index contributed by atoms with van der Waals surface area (Å²) in [5.41, 5.74) is 1.48. The fraction of sp³-hybridized carbons (Fsp3) is 0.556. The van der Waals surface area contributed by atoms with Crippen LogP contribution in [0.1, 0.15) is 46.5 Å². The first-order valence-electron chi connectivity index (χ1n) is 8.49. The second-order valence-electron chi connectivity index (χ2n) is 6.65. The molecule has 126 valence electrons. The second-order valence-corrected chi connectivity index (χ2v) is 6.65. The number of rotatable bonds is 5. The average molecular weight is 318 g/mol. The second kappa shape index (κ2) is 8.11. The number of carbonyl (C=O) groups is 2. The van der Waals surface area contributed by atoms with E-state index in [0.717, 1.165) is 11.4 Å². The molecule has 1 saturated carbocycles. The molecule has 5 heteroatoms. The molecule has 2 amide bonds. The van der Waals surface area contributed by atoms with Crippen molar-refractivity contribution in [2.75, 3.05) is 10.6 Å². The minimum atomic E-state index is -0.105. The maximum absolute atomic E-state index is 12.3. The Morgan fingerprint density at radius 2 is 1.65 bits per heavy atom. The van der Waals surface area contributed by atoms with E-state index in [9.17, 15) is 9.59 Å². The van der Waals surface area contributed by atoms with Crippen LogP contribution < -0.4 is 16.0 Å². The van der Waals surface area contributed by atoms with Crippen LogP contribution in [0.2, 0.25) is 0 Å². The van der Waals surface area contributed by atoms with Gasteiger partial charge in [0.25, 0.3) is 5.91 Å². The third kappa shape index (κ3) is 5.36. The zero-order valence-electron chi connectivity index (χ0n) is 14.3. The van der Waals surface area contributed by atoms with E-state index in [1.165, 1.54) is 32.6 Å². The van der Waals surface area contributed by atoms with E-state index in [2.05, 4.69) is 22.9 Å². The highest BCUT2D eigenvalue weighted by molar-refractivity contribution is 5.94. The maximum Gasteiger partial charge on any atom is 0.282 e. The van der Waals surface area contributed by atoms with Gasteiger partial charge in [-0.15, -0.1) is 0 Å². The number of amides is 2. The fourth-order valence-electron chi connectivity index (χ4n) is 3.19. The number of benzene rings is 1. The summed E-state index contributed by atoms with van der Waals surface area (Å²) in [5, 5.41) is 7.87. The Balaban J connectivity index is 1.86. The number of carbonyl (C=O) groups excluding carboxylic acids is 2. The summed E-state index contributed by atoms with van der Waals surface area (Å²) >= 11 is 0. The van der Waals surface area contributed by atoms with Crippen LogP contribution >= 0.6 is 0 Å². The molecule has 1 aromatic carbocycles. The number of nitrogens with two attached hydrogens (primary N) is 1. The molecule has 3 atom stereocenters. The van der Waals surface area contributed by atoms with Crippen LogP contribution in [0.3, 0.4) is 0 Å². The van der Waals surface area contributed by atoms with Gasteiger partial charge >= 0.3 is 0 Å². The van der Waals surface area contributed by atoms with E-state index in [-0.39, 0.29) is 17.9 Å². The Bertz CT molecular complexity index is 542. The lowest BCUT2D eigenvalue weighted by Crippen LogP contribution is -2.97. The van der Waals surface area contributed by atoms with Gasteiger partial charge in [-0.1, -0.05) is 13.3 Å². The van der Waals surface area contributed by atoms with Crippen LogP contribution in [0, 0.1) is 5.92 Å². The van der Waals surface area contributed by atoms with Crippen molar-refractivity contribution in [2.24, 2.45) is 5.92 Å². The van der Waals surface area contributed by atoms with Crippen molar-refractivity contribution >= 4 is 23.2 Å².